The molecule has 1 fully saturated rings. The Morgan fingerprint density at radius 2 is 0.750 bits per heavy atom. The normalized spacial score (nSPS) is 16.1. The van der Waals surface area contributed by atoms with E-state index in [9.17, 15) is 38.7 Å². The Morgan fingerprint density at radius 1 is 0.477 bits per heavy atom. The van der Waals surface area contributed by atoms with Gasteiger partial charge < -0.3 is 36.4 Å². The Bertz CT molecular complexity index is 864. The first-order valence-corrected chi connectivity index (χ1v) is 14.0. The van der Waals surface area contributed by atoms with Crippen LogP contribution in [0.5, 0.6) is 0 Å². The highest BCUT2D eigenvalue weighted by Crippen LogP contribution is 2.04. The standard InChI is InChI=1S/C26H43N7O11/c1-19(34)2-3-20(35)15-30-4-6-31(16-21(36)27-12-24(39)40)8-10-33(18-23(38)29-14-26(43)44)11-9-32(7-5-30)17-22(37)28-13-25(41)42/h34H,1-18H2,(H,27,36)(H,28,37)(H,29,38)(H,39,40)(H,41,42)(H,43,44). The van der Waals surface area contributed by atoms with Crippen LogP contribution < -0.4 is 16.0 Å². The van der Waals surface area contributed by atoms with Gasteiger partial charge in [0, 0.05) is 65.2 Å². The number of ketones is 1. The van der Waals surface area contributed by atoms with Crippen molar-refractivity contribution in [2.75, 3.05) is 98.2 Å². The quantitative estimate of drug-likeness (QED) is 0.0763. The first-order valence-electron chi connectivity index (χ1n) is 14.0. The SMILES string of the molecule is C=C(O)CCC(=O)CN1CCN(CC(=O)NCC(=O)O)CCN(CC(=O)NCC(=O)O)CCN(CC(=O)NCC(=O)O)CC1. The Balaban J connectivity index is 3.13. The van der Waals surface area contributed by atoms with Gasteiger partial charge in [0.2, 0.25) is 17.7 Å². The first kappa shape index (κ1) is 37.9. The minimum atomic E-state index is -1.21. The lowest BCUT2D eigenvalue weighted by Gasteiger charge is -2.33. The van der Waals surface area contributed by atoms with Crippen LogP contribution in [0.4, 0.5) is 0 Å². The molecule has 1 aliphatic rings. The van der Waals surface area contributed by atoms with Crippen LogP contribution in [0.1, 0.15) is 12.8 Å². The van der Waals surface area contributed by atoms with E-state index in [1.54, 1.807) is 14.7 Å². The Kier molecular flexibility index (Phi) is 17.8. The summed E-state index contributed by atoms with van der Waals surface area (Å²) >= 11 is 0. The van der Waals surface area contributed by atoms with Crippen molar-refractivity contribution in [1.29, 1.82) is 0 Å². The zero-order valence-electron chi connectivity index (χ0n) is 24.7. The van der Waals surface area contributed by atoms with Crippen LogP contribution in [0.3, 0.4) is 0 Å². The molecule has 0 atom stereocenters. The van der Waals surface area contributed by atoms with Gasteiger partial charge in [-0.1, -0.05) is 6.58 Å². The molecule has 0 spiro atoms. The van der Waals surface area contributed by atoms with Gasteiger partial charge in [0.15, 0.2) is 0 Å². The molecule has 18 nitrogen and oxygen atoms in total. The Hall–Kier alpha value is -4.13. The minimum absolute atomic E-state index is 0.0151. The van der Waals surface area contributed by atoms with Crippen LogP contribution in [0.25, 0.3) is 0 Å². The predicted octanol–water partition coefficient (Wildman–Crippen LogP) is -3.77. The summed E-state index contributed by atoms with van der Waals surface area (Å²) in [5.74, 6) is -5.53. The maximum absolute atomic E-state index is 12.6. The number of hydrogen-bond donors (Lipinski definition) is 7. The van der Waals surface area contributed by atoms with Gasteiger partial charge in [-0.05, 0) is 0 Å². The van der Waals surface area contributed by atoms with Crippen LogP contribution in [0.2, 0.25) is 0 Å². The molecule has 0 aromatic heterocycles. The van der Waals surface area contributed by atoms with Crippen LogP contribution in [0.15, 0.2) is 12.3 Å². The second kappa shape index (κ2) is 20.7. The van der Waals surface area contributed by atoms with E-state index in [2.05, 4.69) is 22.5 Å². The van der Waals surface area contributed by atoms with E-state index in [1.165, 1.54) is 0 Å². The lowest BCUT2D eigenvalue weighted by Crippen LogP contribution is -2.51. The van der Waals surface area contributed by atoms with Gasteiger partial charge >= 0.3 is 17.9 Å². The number of rotatable bonds is 17. The summed E-state index contributed by atoms with van der Waals surface area (Å²) < 4.78 is 0. The molecule has 18 heteroatoms. The summed E-state index contributed by atoms with van der Waals surface area (Å²) in [5.41, 5.74) is 0. The molecule has 1 rings (SSSR count). The lowest BCUT2D eigenvalue weighted by molar-refractivity contribution is -0.138. The van der Waals surface area contributed by atoms with E-state index >= 15 is 0 Å². The van der Waals surface area contributed by atoms with Crippen molar-refractivity contribution >= 4 is 41.4 Å². The van der Waals surface area contributed by atoms with Gasteiger partial charge in [-0.15, -0.1) is 0 Å². The van der Waals surface area contributed by atoms with E-state index in [0.717, 1.165) is 0 Å². The van der Waals surface area contributed by atoms with E-state index in [0.29, 0.717) is 13.1 Å². The summed E-state index contributed by atoms with van der Waals surface area (Å²) in [4.78, 5) is 89.5. The molecule has 0 aromatic rings. The molecule has 0 unspecified atom stereocenters. The maximum Gasteiger partial charge on any atom is 0.322 e. The first-order chi connectivity index (χ1) is 20.7. The van der Waals surface area contributed by atoms with Crippen LogP contribution in [-0.4, -0.2) is 180 Å². The van der Waals surface area contributed by atoms with E-state index < -0.39 is 55.3 Å². The minimum Gasteiger partial charge on any atom is -0.513 e. The van der Waals surface area contributed by atoms with Crippen molar-refractivity contribution in [2.24, 2.45) is 0 Å². The largest absolute Gasteiger partial charge is 0.513 e. The summed E-state index contributed by atoms with van der Waals surface area (Å²) in [6, 6.07) is 0. The average Bonchev–Trinajstić information content (AvgIpc) is 2.93. The molecule has 1 saturated heterocycles. The number of carbonyl (C=O) groups excluding carboxylic acids is 4. The van der Waals surface area contributed by atoms with Gasteiger partial charge in [0.1, 0.15) is 25.4 Å². The zero-order chi connectivity index (χ0) is 33.1. The summed E-state index contributed by atoms with van der Waals surface area (Å²) in [6.07, 6.45) is 0.168. The van der Waals surface area contributed by atoms with Crippen LogP contribution in [-0.2, 0) is 33.6 Å². The topological polar surface area (TPSA) is 249 Å². The van der Waals surface area contributed by atoms with Crippen LogP contribution in [0, 0.1) is 0 Å². The maximum atomic E-state index is 12.6. The molecule has 248 valence electrons. The van der Waals surface area contributed by atoms with Crippen molar-refractivity contribution in [3.05, 3.63) is 12.3 Å². The molecule has 1 aliphatic heterocycles. The number of carbonyl (C=O) groups is 7. The van der Waals surface area contributed by atoms with Gasteiger partial charge in [-0.2, -0.15) is 0 Å². The van der Waals surface area contributed by atoms with Crippen LogP contribution >= 0.6 is 0 Å². The molecule has 0 radical (unpaired) electrons. The highest BCUT2D eigenvalue weighted by Gasteiger charge is 2.22. The second-order valence-corrected chi connectivity index (χ2v) is 10.2. The third-order valence-electron chi connectivity index (χ3n) is 6.43. The number of amides is 3. The van der Waals surface area contributed by atoms with Gasteiger partial charge in [0.25, 0.3) is 0 Å². The predicted molar refractivity (Wildman–Crippen MR) is 154 cm³/mol. The van der Waals surface area contributed by atoms with Gasteiger partial charge in [0.05, 0.1) is 31.9 Å². The van der Waals surface area contributed by atoms with Crippen molar-refractivity contribution in [3.63, 3.8) is 0 Å². The molecule has 0 saturated carbocycles. The lowest BCUT2D eigenvalue weighted by atomic mass is 10.2. The molecule has 44 heavy (non-hydrogen) atoms. The number of carboxylic acids is 3. The van der Waals surface area contributed by atoms with E-state index in [1.807, 2.05) is 4.90 Å². The van der Waals surface area contributed by atoms with Crippen molar-refractivity contribution < 1.29 is 54.0 Å². The number of allylic oxidation sites excluding steroid dienone is 1. The zero-order valence-corrected chi connectivity index (χ0v) is 24.7. The fourth-order valence-corrected chi connectivity index (χ4v) is 4.12. The molecule has 1 heterocycles. The summed E-state index contributed by atoms with van der Waals surface area (Å²) in [5, 5.41) is 42.9. The summed E-state index contributed by atoms with van der Waals surface area (Å²) in [7, 11) is 0. The number of aliphatic hydroxyl groups is 1. The smallest absolute Gasteiger partial charge is 0.322 e. The van der Waals surface area contributed by atoms with Crippen molar-refractivity contribution in [2.45, 2.75) is 12.8 Å². The Labute approximate surface area is 254 Å². The number of nitrogens with zero attached hydrogens (tertiary/aromatic N) is 4. The van der Waals surface area contributed by atoms with Gasteiger partial charge in [-0.3, -0.25) is 53.2 Å². The number of aliphatic carboxylic acids is 3. The summed E-state index contributed by atoms with van der Waals surface area (Å²) in [6.45, 7) is 3.34. The van der Waals surface area contributed by atoms with E-state index in [4.69, 9.17) is 15.3 Å². The number of Topliss-reactive ketones (excluding diaryl/α,β-unsaturated/α-hetero) is 1. The molecular weight excluding hydrogens is 586 g/mol. The number of hydrogen-bond acceptors (Lipinski definition) is 12. The number of carboxylic acid groups (broad SMARTS) is 3. The third kappa shape index (κ3) is 19.1. The number of aliphatic hydroxyl groups excluding tert-OH is 1. The number of nitrogens with one attached hydrogen (secondary N) is 3. The molecule has 0 bridgehead atoms. The third-order valence-corrected chi connectivity index (χ3v) is 6.43. The van der Waals surface area contributed by atoms with Crippen molar-refractivity contribution in [3.8, 4) is 0 Å². The molecule has 0 aliphatic carbocycles. The molecular formula is C26H43N7O11. The van der Waals surface area contributed by atoms with Crippen molar-refractivity contribution in [1.82, 2.24) is 35.6 Å². The fourth-order valence-electron chi connectivity index (χ4n) is 4.12. The van der Waals surface area contributed by atoms with E-state index in [-0.39, 0.29) is 89.8 Å². The molecule has 3 amide bonds. The Morgan fingerprint density at radius 3 is 1.00 bits per heavy atom. The molecule has 7 N–H and O–H groups in total. The fraction of sp³-hybridized carbons (Fsp3) is 0.654. The average molecular weight is 630 g/mol. The monoisotopic (exact) mass is 629 g/mol. The second-order valence-electron chi connectivity index (χ2n) is 10.2. The highest BCUT2D eigenvalue weighted by atomic mass is 16.4. The molecule has 0 aromatic carbocycles. The highest BCUT2D eigenvalue weighted by molar-refractivity contribution is 5.84. The van der Waals surface area contributed by atoms with Gasteiger partial charge in [-0.25, -0.2) is 0 Å².